The number of ketones is 1. The number of fused-ring (bicyclic) bond motifs is 1. The van der Waals surface area contributed by atoms with Gasteiger partial charge in [-0.2, -0.15) is 4.31 Å². The van der Waals surface area contributed by atoms with Gasteiger partial charge in [-0.05, 0) is 64.4 Å². The summed E-state index contributed by atoms with van der Waals surface area (Å²) in [6.45, 7) is 0.781. The maximum Gasteiger partial charge on any atom is 0.259 e. The minimum absolute atomic E-state index is 0.0529. The highest BCUT2D eigenvalue weighted by atomic mass is 32.2. The first-order valence-corrected chi connectivity index (χ1v) is 15.8. The SMILES string of the molecule is O=C(Cc1ccc2c3c(cccc13)C(=O)N2Cc1ccccc1)C1CCCCN1S(=O)(=O)c1ccc2ccccc2c1. The summed E-state index contributed by atoms with van der Waals surface area (Å²) in [7, 11) is -3.87. The summed E-state index contributed by atoms with van der Waals surface area (Å²) in [5.74, 6) is -0.173. The first kappa shape index (κ1) is 26.6. The van der Waals surface area contributed by atoms with Crippen LogP contribution in [0.5, 0.6) is 0 Å². The molecule has 5 aromatic rings. The Kier molecular flexibility index (Phi) is 6.64. The van der Waals surface area contributed by atoms with Crippen molar-refractivity contribution in [1.29, 1.82) is 0 Å². The summed E-state index contributed by atoms with van der Waals surface area (Å²) in [4.78, 5) is 29.3. The van der Waals surface area contributed by atoms with Crippen molar-refractivity contribution < 1.29 is 18.0 Å². The molecule has 210 valence electrons. The number of hydrogen-bond donors (Lipinski definition) is 0. The second-order valence-electron chi connectivity index (χ2n) is 11.1. The number of carbonyl (C=O) groups is 2. The van der Waals surface area contributed by atoms with Crippen molar-refractivity contribution in [3.63, 3.8) is 0 Å². The largest absolute Gasteiger partial charge is 0.303 e. The standard InChI is InChI=1S/C35H30N2O4S/c38-33(31-15-6-7-20-37(31)42(40,41)28-18-16-25-11-4-5-12-26(25)21-28)22-27-17-19-32-34-29(27)13-8-14-30(34)35(39)36(32)23-24-9-2-1-3-10-24/h1-5,8-14,16-19,21,31H,6-7,15,20,22-23H2. The fourth-order valence-corrected chi connectivity index (χ4v) is 8.18. The lowest BCUT2D eigenvalue weighted by atomic mass is 9.93. The molecule has 0 N–H and O–H groups in total. The molecule has 0 spiro atoms. The molecule has 0 aliphatic carbocycles. The molecule has 2 aliphatic rings. The Balaban J connectivity index is 1.19. The normalized spacial score (nSPS) is 17.3. The van der Waals surface area contributed by atoms with Crippen LogP contribution in [0.3, 0.4) is 0 Å². The van der Waals surface area contributed by atoms with Crippen LogP contribution in [-0.4, -0.2) is 37.0 Å². The van der Waals surface area contributed by atoms with E-state index in [2.05, 4.69) is 0 Å². The molecule has 0 aromatic heterocycles. The maximum atomic E-state index is 13.9. The monoisotopic (exact) mass is 574 g/mol. The topological polar surface area (TPSA) is 74.8 Å². The highest BCUT2D eigenvalue weighted by molar-refractivity contribution is 7.89. The molecule has 1 unspecified atom stereocenters. The van der Waals surface area contributed by atoms with Crippen molar-refractivity contribution in [3.05, 3.63) is 120 Å². The number of rotatable bonds is 7. The lowest BCUT2D eigenvalue weighted by Gasteiger charge is -2.34. The first-order chi connectivity index (χ1) is 20.4. The van der Waals surface area contributed by atoms with Gasteiger partial charge in [0.15, 0.2) is 5.78 Å². The van der Waals surface area contributed by atoms with Crippen LogP contribution in [0.4, 0.5) is 5.69 Å². The van der Waals surface area contributed by atoms with E-state index in [-0.39, 0.29) is 23.0 Å². The Morgan fingerprint density at radius 3 is 2.43 bits per heavy atom. The number of sulfonamides is 1. The smallest absolute Gasteiger partial charge is 0.259 e. The third-order valence-corrected chi connectivity index (χ3v) is 10.5. The van der Waals surface area contributed by atoms with Crippen LogP contribution in [0.25, 0.3) is 21.5 Å². The van der Waals surface area contributed by atoms with Crippen molar-refractivity contribution in [2.75, 3.05) is 11.4 Å². The molecule has 7 heteroatoms. The summed E-state index contributed by atoms with van der Waals surface area (Å²) in [6, 6.07) is 31.4. The molecule has 2 heterocycles. The highest BCUT2D eigenvalue weighted by Crippen LogP contribution is 2.40. The van der Waals surface area contributed by atoms with Gasteiger partial charge in [0.1, 0.15) is 0 Å². The molecular weight excluding hydrogens is 544 g/mol. The van der Waals surface area contributed by atoms with E-state index < -0.39 is 16.1 Å². The van der Waals surface area contributed by atoms with Gasteiger partial charge < -0.3 is 4.90 Å². The molecule has 0 saturated carbocycles. The van der Waals surface area contributed by atoms with E-state index in [1.807, 2.05) is 91.0 Å². The molecule has 1 saturated heterocycles. The van der Waals surface area contributed by atoms with Crippen LogP contribution in [0, 0.1) is 0 Å². The molecule has 7 rings (SSSR count). The Labute approximate surface area is 245 Å². The van der Waals surface area contributed by atoms with E-state index in [0.717, 1.165) is 51.2 Å². The van der Waals surface area contributed by atoms with Crippen molar-refractivity contribution >= 4 is 48.9 Å². The summed E-state index contributed by atoms with van der Waals surface area (Å²) >= 11 is 0. The number of Topliss-reactive ketones (excluding diaryl/α,β-unsaturated/α-hetero) is 1. The van der Waals surface area contributed by atoms with E-state index in [1.54, 1.807) is 17.0 Å². The Hall–Kier alpha value is -4.33. The predicted octanol–water partition coefficient (Wildman–Crippen LogP) is 6.51. The Morgan fingerprint density at radius 2 is 1.60 bits per heavy atom. The molecule has 0 radical (unpaired) electrons. The van der Waals surface area contributed by atoms with Gasteiger partial charge >= 0.3 is 0 Å². The van der Waals surface area contributed by atoms with Crippen molar-refractivity contribution in [3.8, 4) is 0 Å². The minimum atomic E-state index is -3.87. The number of nitrogens with zero attached hydrogens (tertiary/aromatic N) is 2. The quantitative estimate of drug-likeness (QED) is 0.222. The van der Waals surface area contributed by atoms with Gasteiger partial charge in [0.2, 0.25) is 10.0 Å². The van der Waals surface area contributed by atoms with E-state index in [1.165, 1.54) is 4.31 Å². The molecule has 1 amide bonds. The summed E-state index contributed by atoms with van der Waals surface area (Å²) < 4.78 is 29.1. The van der Waals surface area contributed by atoms with Crippen LogP contribution in [-0.2, 0) is 27.8 Å². The molecule has 1 fully saturated rings. The van der Waals surface area contributed by atoms with Gasteiger partial charge in [0.05, 0.1) is 23.2 Å². The molecule has 6 nitrogen and oxygen atoms in total. The van der Waals surface area contributed by atoms with Crippen LogP contribution < -0.4 is 4.90 Å². The van der Waals surface area contributed by atoms with E-state index >= 15 is 0 Å². The van der Waals surface area contributed by atoms with Gasteiger partial charge in [0.25, 0.3) is 5.91 Å². The fourth-order valence-electron chi connectivity index (χ4n) is 6.47. The first-order valence-electron chi connectivity index (χ1n) is 14.4. The lowest BCUT2D eigenvalue weighted by Crippen LogP contribution is -2.48. The third-order valence-electron chi connectivity index (χ3n) is 8.58. The van der Waals surface area contributed by atoms with Crippen molar-refractivity contribution in [1.82, 2.24) is 4.31 Å². The molecule has 42 heavy (non-hydrogen) atoms. The zero-order valence-electron chi connectivity index (χ0n) is 23.1. The molecule has 1 atom stereocenters. The van der Waals surface area contributed by atoms with Gasteiger partial charge in [-0.1, -0.05) is 85.3 Å². The van der Waals surface area contributed by atoms with Crippen molar-refractivity contribution in [2.24, 2.45) is 0 Å². The van der Waals surface area contributed by atoms with Gasteiger partial charge in [-0.15, -0.1) is 0 Å². The van der Waals surface area contributed by atoms with E-state index in [0.29, 0.717) is 25.1 Å². The van der Waals surface area contributed by atoms with Crippen molar-refractivity contribution in [2.45, 2.75) is 43.2 Å². The predicted molar refractivity (Wildman–Crippen MR) is 165 cm³/mol. The summed E-state index contributed by atoms with van der Waals surface area (Å²) in [6.07, 6.45) is 2.11. The second-order valence-corrected chi connectivity index (χ2v) is 13.0. The van der Waals surface area contributed by atoms with Gasteiger partial charge in [-0.3, -0.25) is 9.59 Å². The Bertz CT molecular complexity index is 1970. The minimum Gasteiger partial charge on any atom is -0.303 e. The number of benzene rings is 5. The maximum absolute atomic E-state index is 13.9. The number of carbonyl (C=O) groups excluding carboxylic acids is 2. The second kappa shape index (κ2) is 10.5. The molecule has 5 aromatic carbocycles. The third kappa shape index (κ3) is 4.49. The molecule has 2 aliphatic heterocycles. The highest BCUT2D eigenvalue weighted by Gasteiger charge is 2.38. The van der Waals surface area contributed by atoms with Crippen LogP contribution in [0.2, 0.25) is 0 Å². The van der Waals surface area contributed by atoms with Gasteiger partial charge in [-0.25, -0.2) is 8.42 Å². The van der Waals surface area contributed by atoms with E-state index in [9.17, 15) is 18.0 Å². The summed E-state index contributed by atoms with van der Waals surface area (Å²) in [5.41, 5.74) is 3.31. The average molecular weight is 575 g/mol. The van der Waals surface area contributed by atoms with Crippen LogP contribution in [0.1, 0.15) is 40.7 Å². The average Bonchev–Trinajstić information content (AvgIpc) is 3.30. The number of piperidine rings is 1. The summed E-state index contributed by atoms with van der Waals surface area (Å²) in [5, 5.41) is 3.54. The zero-order valence-corrected chi connectivity index (χ0v) is 23.9. The number of hydrogen-bond acceptors (Lipinski definition) is 4. The molecule has 0 bridgehead atoms. The number of amides is 1. The fraction of sp³-hybridized carbons (Fsp3) is 0.200. The van der Waals surface area contributed by atoms with E-state index in [4.69, 9.17) is 0 Å². The van der Waals surface area contributed by atoms with Crippen LogP contribution >= 0.6 is 0 Å². The van der Waals surface area contributed by atoms with Gasteiger partial charge in [0, 0.05) is 23.9 Å². The molecular formula is C35H30N2O4S. The van der Waals surface area contributed by atoms with Crippen LogP contribution in [0.15, 0.2) is 108 Å². The lowest BCUT2D eigenvalue weighted by molar-refractivity contribution is -0.122. The number of anilines is 1. The zero-order chi connectivity index (χ0) is 28.8. The Morgan fingerprint density at radius 1 is 0.810 bits per heavy atom.